The quantitative estimate of drug-likeness (QED) is 0.0914. The van der Waals surface area contributed by atoms with Crippen molar-refractivity contribution in [3.63, 3.8) is 0 Å². The van der Waals surface area contributed by atoms with Crippen LogP contribution in [-0.2, 0) is 57.1 Å². The van der Waals surface area contributed by atoms with Gasteiger partial charge in [0.2, 0.25) is 0 Å². The highest BCUT2D eigenvalue weighted by Gasteiger charge is 2.62. The fourth-order valence-corrected chi connectivity index (χ4v) is 11.0. The third kappa shape index (κ3) is 12.8. The number of hydrogen-bond donors (Lipinski definition) is 0. The molecule has 0 aromatic heterocycles. The van der Waals surface area contributed by atoms with Gasteiger partial charge in [0, 0.05) is 6.42 Å². The van der Waals surface area contributed by atoms with Gasteiger partial charge in [-0.1, -0.05) is 20.8 Å². The molecule has 0 N–H and O–H groups in total. The summed E-state index contributed by atoms with van der Waals surface area (Å²) in [5.74, 6) is 0.314. The molecule has 9 aliphatic rings. The molecule has 1 heterocycles. The van der Waals surface area contributed by atoms with E-state index in [0.29, 0.717) is 31.1 Å². The first kappa shape index (κ1) is 51.2. The van der Waals surface area contributed by atoms with Crippen molar-refractivity contribution in [2.75, 3.05) is 26.4 Å². The molecular weight excluding hydrogens is 845 g/mol. The minimum Gasteiger partial charge on any atom is -0.462 e. The smallest absolute Gasteiger partial charge is 0.462 e. The Bertz CT molecular complexity index is 1670. The second-order valence-corrected chi connectivity index (χ2v) is 21.7. The predicted octanol–water partition coefficient (Wildman–Crippen LogP) is 9.75. The normalized spacial score (nSPS) is 32.1. The lowest BCUT2D eigenvalue weighted by molar-refractivity contribution is -0.228. The van der Waals surface area contributed by atoms with Gasteiger partial charge in [0.1, 0.15) is 43.2 Å². The Kier molecular flexibility index (Phi) is 15.7. The number of ether oxygens (including phenoxy) is 8. The van der Waals surface area contributed by atoms with Gasteiger partial charge in [-0.25, -0.2) is 14.4 Å². The Balaban J connectivity index is 0.000000191. The summed E-state index contributed by atoms with van der Waals surface area (Å²) in [7, 11) is 0. The molecule has 0 radical (unpaired) electrons. The molecule has 1 saturated heterocycles. The van der Waals surface area contributed by atoms with Crippen LogP contribution in [0.1, 0.15) is 159 Å². The number of carbonyl (C=O) groups excluding carboxylic acids is 6. The Morgan fingerprint density at radius 2 is 0.953 bits per heavy atom. The van der Waals surface area contributed by atoms with Gasteiger partial charge < -0.3 is 37.9 Å². The maximum Gasteiger partial charge on any atom is 0.508 e. The molecule has 3 unspecified atom stereocenters. The van der Waals surface area contributed by atoms with Crippen LogP contribution in [0.15, 0.2) is 0 Å². The summed E-state index contributed by atoms with van der Waals surface area (Å²) < 4.78 is 76.3. The molecule has 364 valence electrons. The van der Waals surface area contributed by atoms with E-state index in [1.165, 1.54) is 19.3 Å². The number of cyclic esters (lactones) is 2. The molecule has 0 aromatic carbocycles. The average molecular weight is 917 g/mol. The van der Waals surface area contributed by atoms with Crippen molar-refractivity contribution >= 4 is 36.2 Å². The lowest BCUT2D eigenvalue weighted by Gasteiger charge is -2.60. The van der Waals surface area contributed by atoms with Crippen LogP contribution in [0.5, 0.6) is 0 Å². The van der Waals surface area contributed by atoms with Crippen molar-refractivity contribution < 1.29 is 79.8 Å². The van der Waals surface area contributed by atoms with Crippen LogP contribution in [0.4, 0.5) is 22.8 Å². The van der Waals surface area contributed by atoms with Crippen LogP contribution in [0.25, 0.3) is 0 Å². The standard InChI is InChI=1S/C21H30O8.C16H26O2.C10H15F3O4/c1-4-19(2,3)16(22)28-20-6-13-5-14(7-20)9-21(8-13,12-20)29-18(24)26-11-15-10-25-17(23)27-15;1-4-15(2,3)14(17)18-16-8-11-5-12(9-16)7-13(6-11)10-16;1-4-9(2,3)7(14)16-5-6-17-8(15)10(11,12)13/h13-15H,4-12H2,1-3H3;11-13H,4-10H2,1-3H3;4-6H2,1-3H3. The summed E-state index contributed by atoms with van der Waals surface area (Å²) in [6.45, 7) is 15.9. The van der Waals surface area contributed by atoms with Gasteiger partial charge in [0.15, 0.2) is 6.10 Å². The fraction of sp³-hybridized carbons (Fsp3) is 0.872. The van der Waals surface area contributed by atoms with Gasteiger partial charge in [-0.05, 0) is 161 Å². The van der Waals surface area contributed by atoms with Crippen molar-refractivity contribution in [2.24, 2.45) is 45.8 Å². The first-order valence-corrected chi connectivity index (χ1v) is 23.2. The van der Waals surface area contributed by atoms with Crippen LogP contribution in [0, 0.1) is 45.8 Å². The van der Waals surface area contributed by atoms with Crippen LogP contribution in [0.2, 0.25) is 0 Å². The van der Waals surface area contributed by atoms with E-state index in [1.54, 1.807) is 20.8 Å². The topological polar surface area (TPSA) is 176 Å². The molecule has 3 atom stereocenters. The summed E-state index contributed by atoms with van der Waals surface area (Å²) in [5.41, 5.74) is -2.82. The number of hydrogen-bond acceptors (Lipinski definition) is 14. The third-order valence-electron chi connectivity index (χ3n) is 15.0. The minimum absolute atomic E-state index is 0.0342. The number of esters is 4. The van der Waals surface area contributed by atoms with Crippen LogP contribution >= 0.6 is 0 Å². The molecule has 9 rings (SSSR count). The van der Waals surface area contributed by atoms with E-state index in [4.69, 9.17) is 23.7 Å². The van der Waals surface area contributed by atoms with E-state index in [-0.39, 0.29) is 42.8 Å². The molecule has 14 nitrogen and oxygen atoms in total. The van der Waals surface area contributed by atoms with Crippen molar-refractivity contribution in [2.45, 2.75) is 188 Å². The highest BCUT2D eigenvalue weighted by Crippen LogP contribution is 2.61. The third-order valence-corrected chi connectivity index (χ3v) is 15.0. The molecule has 8 bridgehead atoms. The van der Waals surface area contributed by atoms with Gasteiger partial charge in [0.05, 0.1) is 16.2 Å². The zero-order valence-electron chi connectivity index (χ0n) is 39.2. The molecule has 64 heavy (non-hydrogen) atoms. The monoisotopic (exact) mass is 916 g/mol. The Labute approximate surface area is 375 Å². The van der Waals surface area contributed by atoms with Gasteiger partial charge >= 0.3 is 42.4 Å². The highest BCUT2D eigenvalue weighted by atomic mass is 19.4. The van der Waals surface area contributed by atoms with E-state index < -0.39 is 65.2 Å². The van der Waals surface area contributed by atoms with Crippen LogP contribution in [0.3, 0.4) is 0 Å². The molecular formula is C47H71F3O14. The summed E-state index contributed by atoms with van der Waals surface area (Å²) in [4.78, 5) is 70.1. The van der Waals surface area contributed by atoms with Crippen LogP contribution < -0.4 is 0 Å². The minimum atomic E-state index is -5.02. The molecule has 1 aliphatic heterocycles. The Morgan fingerprint density at radius 3 is 1.38 bits per heavy atom. The van der Waals surface area contributed by atoms with E-state index >= 15 is 0 Å². The van der Waals surface area contributed by atoms with E-state index in [0.717, 1.165) is 75.5 Å². The van der Waals surface area contributed by atoms with E-state index in [9.17, 15) is 41.9 Å². The zero-order valence-corrected chi connectivity index (χ0v) is 39.2. The Morgan fingerprint density at radius 1 is 0.562 bits per heavy atom. The number of alkyl halides is 3. The maximum absolute atomic E-state index is 12.8. The first-order valence-electron chi connectivity index (χ1n) is 23.2. The van der Waals surface area contributed by atoms with E-state index in [2.05, 4.69) is 21.1 Å². The molecule has 17 heteroatoms. The molecule has 0 aromatic rings. The second kappa shape index (κ2) is 19.6. The summed E-state index contributed by atoms with van der Waals surface area (Å²) >= 11 is 0. The molecule has 0 spiro atoms. The summed E-state index contributed by atoms with van der Waals surface area (Å²) in [6, 6.07) is 0. The molecule has 9 fully saturated rings. The van der Waals surface area contributed by atoms with Crippen molar-refractivity contribution in [3.05, 3.63) is 0 Å². The fourth-order valence-electron chi connectivity index (χ4n) is 11.0. The van der Waals surface area contributed by atoms with Crippen molar-refractivity contribution in [3.8, 4) is 0 Å². The number of rotatable bonds is 14. The second-order valence-electron chi connectivity index (χ2n) is 21.7. The summed E-state index contributed by atoms with van der Waals surface area (Å²) in [5, 5.41) is 0. The molecule has 0 amide bonds. The zero-order chi connectivity index (χ0) is 47.5. The largest absolute Gasteiger partial charge is 0.508 e. The molecule has 8 saturated carbocycles. The maximum atomic E-state index is 12.8. The number of carbonyl (C=O) groups is 6. The Hall–Kier alpha value is -3.79. The predicted molar refractivity (Wildman–Crippen MR) is 222 cm³/mol. The van der Waals surface area contributed by atoms with E-state index in [1.807, 2.05) is 34.6 Å². The van der Waals surface area contributed by atoms with Gasteiger partial charge in [-0.3, -0.25) is 14.4 Å². The van der Waals surface area contributed by atoms with Crippen molar-refractivity contribution in [1.29, 1.82) is 0 Å². The van der Waals surface area contributed by atoms with Crippen molar-refractivity contribution in [1.82, 2.24) is 0 Å². The lowest BCUT2D eigenvalue weighted by Crippen LogP contribution is -2.62. The summed E-state index contributed by atoms with van der Waals surface area (Å²) in [6.07, 6.45) is 7.41. The molecule has 8 aliphatic carbocycles. The van der Waals surface area contributed by atoms with Gasteiger partial charge in [0.25, 0.3) is 0 Å². The first-order chi connectivity index (χ1) is 29.7. The highest BCUT2D eigenvalue weighted by molar-refractivity contribution is 5.77. The van der Waals surface area contributed by atoms with Gasteiger partial charge in [-0.2, -0.15) is 13.2 Å². The number of halogens is 3. The SMILES string of the molecule is CCC(C)(C)C(=O)OC12CC3CC(CC(C3)C1)C2.CCC(C)(C)C(=O)OC12CC3CC(CC(OC(=O)OCC4COC(=O)O4)(C3)C1)C2.CCC(C)(C)C(=O)OCCOC(=O)C(F)(F)F. The van der Waals surface area contributed by atoms with Crippen LogP contribution in [-0.4, -0.2) is 91.7 Å². The average Bonchev–Trinajstić information content (AvgIpc) is 3.61. The van der Waals surface area contributed by atoms with Gasteiger partial charge in [-0.15, -0.1) is 0 Å². The lowest BCUT2D eigenvalue weighted by atomic mass is 9.52.